The van der Waals surface area contributed by atoms with Gasteiger partial charge < -0.3 is 15.0 Å². The van der Waals surface area contributed by atoms with Crippen molar-refractivity contribution in [3.05, 3.63) is 88.4 Å². The van der Waals surface area contributed by atoms with Crippen LogP contribution in [0, 0.1) is 0 Å². The molecule has 0 spiro atoms. The molecule has 0 aliphatic carbocycles. The van der Waals surface area contributed by atoms with Crippen LogP contribution in [-0.4, -0.2) is 51.4 Å². The van der Waals surface area contributed by atoms with Gasteiger partial charge in [0.2, 0.25) is 11.8 Å². The zero-order valence-electron chi connectivity index (χ0n) is 21.9. The highest BCUT2D eigenvalue weighted by Gasteiger charge is 2.33. The van der Waals surface area contributed by atoms with Gasteiger partial charge in [-0.15, -0.1) is 0 Å². The number of hydrogen-bond acceptors (Lipinski definition) is 5. The summed E-state index contributed by atoms with van der Waals surface area (Å²) in [5, 5.41) is 3.18. The van der Waals surface area contributed by atoms with Crippen molar-refractivity contribution in [2.75, 3.05) is 24.5 Å². The maximum Gasteiger partial charge on any atom is 0.264 e. The van der Waals surface area contributed by atoms with E-state index < -0.39 is 28.5 Å². The Kier molecular flexibility index (Phi) is 10.6. The van der Waals surface area contributed by atoms with Crippen LogP contribution in [0.25, 0.3) is 0 Å². The number of sulfonamides is 1. The van der Waals surface area contributed by atoms with Gasteiger partial charge in [0.05, 0.1) is 22.7 Å². The van der Waals surface area contributed by atoms with E-state index >= 15 is 0 Å². The smallest absolute Gasteiger partial charge is 0.264 e. The molecule has 0 aromatic heterocycles. The number of rotatable bonds is 12. The standard InChI is InChI=1S/C28H31Cl2N3O5S/c1-4-15-31-28(35)20(2)32(18-21-9-8-10-23(16-21)38-3)27(34)19-33(26-14-13-22(29)17-25(26)30)39(36,37)24-11-6-5-7-12-24/h5-14,16-17,20H,4,15,18-19H2,1-3H3,(H,31,35)/t20-/m0/s1. The highest BCUT2D eigenvalue weighted by molar-refractivity contribution is 7.92. The fourth-order valence-electron chi connectivity index (χ4n) is 3.86. The molecule has 3 aromatic rings. The Hall–Kier alpha value is -3.27. The molecule has 2 amide bonds. The van der Waals surface area contributed by atoms with Gasteiger partial charge in [-0.25, -0.2) is 8.42 Å². The van der Waals surface area contributed by atoms with Crippen molar-refractivity contribution in [2.45, 2.75) is 37.8 Å². The maximum absolute atomic E-state index is 13.9. The molecule has 0 aliphatic rings. The molecule has 0 fully saturated rings. The number of methoxy groups -OCH3 is 1. The Bertz CT molecular complexity index is 1400. The first-order valence-electron chi connectivity index (χ1n) is 12.3. The molecule has 1 N–H and O–H groups in total. The van der Waals surface area contributed by atoms with E-state index in [4.69, 9.17) is 27.9 Å². The summed E-state index contributed by atoms with van der Waals surface area (Å²) >= 11 is 12.5. The van der Waals surface area contributed by atoms with Gasteiger partial charge in [0, 0.05) is 18.1 Å². The Labute approximate surface area is 239 Å². The third-order valence-corrected chi connectivity index (χ3v) is 8.30. The molecule has 3 rings (SSSR count). The van der Waals surface area contributed by atoms with E-state index in [2.05, 4.69) is 5.32 Å². The van der Waals surface area contributed by atoms with Crippen LogP contribution in [0.5, 0.6) is 5.75 Å². The lowest BCUT2D eigenvalue weighted by molar-refractivity contribution is -0.139. The van der Waals surface area contributed by atoms with Crippen molar-refractivity contribution >= 4 is 50.7 Å². The number of amides is 2. The van der Waals surface area contributed by atoms with E-state index in [1.807, 2.05) is 6.92 Å². The fourth-order valence-corrected chi connectivity index (χ4v) is 5.88. The van der Waals surface area contributed by atoms with Gasteiger partial charge >= 0.3 is 0 Å². The molecule has 39 heavy (non-hydrogen) atoms. The molecule has 0 aliphatic heterocycles. The van der Waals surface area contributed by atoms with Crippen LogP contribution in [0.2, 0.25) is 10.0 Å². The molecule has 0 saturated heterocycles. The van der Waals surface area contributed by atoms with E-state index in [-0.39, 0.29) is 28.1 Å². The van der Waals surface area contributed by atoms with Gasteiger partial charge in [0.1, 0.15) is 18.3 Å². The molecule has 0 unspecified atom stereocenters. The summed E-state index contributed by atoms with van der Waals surface area (Å²) in [6.45, 7) is 3.41. The number of carbonyl (C=O) groups excluding carboxylic acids is 2. The second kappa shape index (κ2) is 13.7. The Morgan fingerprint density at radius 3 is 2.36 bits per heavy atom. The van der Waals surface area contributed by atoms with Crippen molar-refractivity contribution < 1.29 is 22.7 Å². The highest BCUT2D eigenvalue weighted by Crippen LogP contribution is 2.33. The molecule has 0 bridgehead atoms. The number of carbonyl (C=O) groups is 2. The van der Waals surface area contributed by atoms with Crippen molar-refractivity contribution in [1.29, 1.82) is 0 Å². The van der Waals surface area contributed by atoms with Crippen LogP contribution in [0.15, 0.2) is 77.7 Å². The summed E-state index contributed by atoms with van der Waals surface area (Å²) in [6, 6.07) is 18.3. The van der Waals surface area contributed by atoms with Crippen LogP contribution in [-0.2, 0) is 26.2 Å². The first-order valence-corrected chi connectivity index (χ1v) is 14.5. The Balaban J connectivity index is 2.05. The minimum Gasteiger partial charge on any atom is -0.497 e. The molecule has 3 aromatic carbocycles. The number of ether oxygens (including phenoxy) is 1. The Morgan fingerprint density at radius 1 is 1.00 bits per heavy atom. The number of halogens is 2. The topological polar surface area (TPSA) is 96.0 Å². The maximum atomic E-state index is 13.9. The second-order valence-corrected chi connectivity index (χ2v) is 11.5. The predicted octanol–water partition coefficient (Wildman–Crippen LogP) is 5.14. The van der Waals surface area contributed by atoms with E-state index in [1.165, 1.54) is 42.3 Å². The molecule has 8 nitrogen and oxygen atoms in total. The highest BCUT2D eigenvalue weighted by atomic mass is 35.5. The zero-order valence-corrected chi connectivity index (χ0v) is 24.3. The van der Waals surface area contributed by atoms with Gasteiger partial charge in [0.15, 0.2) is 0 Å². The summed E-state index contributed by atoms with van der Waals surface area (Å²) in [6.07, 6.45) is 0.723. The summed E-state index contributed by atoms with van der Waals surface area (Å²) < 4.78 is 33.8. The van der Waals surface area contributed by atoms with Crippen molar-refractivity contribution in [3.63, 3.8) is 0 Å². The largest absolute Gasteiger partial charge is 0.497 e. The number of benzene rings is 3. The molecule has 208 valence electrons. The van der Waals surface area contributed by atoms with Crippen LogP contribution in [0.1, 0.15) is 25.8 Å². The van der Waals surface area contributed by atoms with E-state index in [0.29, 0.717) is 22.9 Å². The number of anilines is 1. The molecule has 0 radical (unpaired) electrons. The first kappa shape index (κ1) is 30.3. The summed E-state index contributed by atoms with van der Waals surface area (Å²) in [5.74, 6) is -0.359. The van der Waals surface area contributed by atoms with E-state index in [9.17, 15) is 18.0 Å². The van der Waals surface area contributed by atoms with E-state index in [1.54, 1.807) is 49.4 Å². The van der Waals surface area contributed by atoms with Gasteiger partial charge in [-0.1, -0.05) is 60.5 Å². The zero-order chi connectivity index (χ0) is 28.6. The van der Waals surface area contributed by atoms with Crippen LogP contribution >= 0.6 is 23.2 Å². The number of nitrogens with zero attached hydrogens (tertiary/aromatic N) is 2. The minimum atomic E-state index is -4.22. The fraction of sp³-hybridized carbons (Fsp3) is 0.286. The lowest BCUT2D eigenvalue weighted by Gasteiger charge is -2.32. The lowest BCUT2D eigenvalue weighted by atomic mass is 10.1. The quantitative estimate of drug-likeness (QED) is 0.314. The van der Waals surface area contributed by atoms with Crippen LogP contribution in [0.4, 0.5) is 5.69 Å². The van der Waals surface area contributed by atoms with Crippen molar-refractivity contribution in [1.82, 2.24) is 10.2 Å². The summed E-state index contributed by atoms with van der Waals surface area (Å²) in [5.41, 5.74) is 0.794. The second-order valence-electron chi connectivity index (χ2n) is 8.76. The van der Waals surface area contributed by atoms with Gasteiger partial charge in [-0.2, -0.15) is 0 Å². The van der Waals surface area contributed by atoms with Crippen molar-refractivity contribution in [3.8, 4) is 5.75 Å². The molecular weight excluding hydrogens is 561 g/mol. The average Bonchev–Trinajstić information content (AvgIpc) is 2.93. The molecule has 11 heteroatoms. The molecular formula is C28H31Cl2N3O5S. The predicted molar refractivity (Wildman–Crippen MR) is 154 cm³/mol. The van der Waals surface area contributed by atoms with Gasteiger partial charge in [0.25, 0.3) is 10.0 Å². The molecule has 0 saturated carbocycles. The minimum absolute atomic E-state index is 0.0168. The SMILES string of the molecule is CCCNC(=O)[C@H](C)N(Cc1cccc(OC)c1)C(=O)CN(c1ccc(Cl)cc1Cl)S(=O)(=O)c1ccccc1. The van der Waals surface area contributed by atoms with Crippen LogP contribution < -0.4 is 14.4 Å². The normalized spacial score (nSPS) is 11.9. The lowest BCUT2D eigenvalue weighted by Crippen LogP contribution is -2.51. The van der Waals surface area contributed by atoms with Crippen molar-refractivity contribution in [2.24, 2.45) is 0 Å². The van der Waals surface area contributed by atoms with E-state index in [0.717, 1.165) is 10.7 Å². The summed E-state index contributed by atoms with van der Waals surface area (Å²) in [7, 11) is -2.69. The number of nitrogens with one attached hydrogen (secondary N) is 1. The van der Waals surface area contributed by atoms with Crippen LogP contribution in [0.3, 0.4) is 0 Å². The Morgan fingerprint density at radius 2 is 1.72 bits per heavy atom. The average molecular weight is 593 g/mol. The first-order chi connectivity index (χ1) is 18.6. The third-order valence-electron chi connectivity index (χ3n) is 5.99. The summed E-state index contributed by atoms with van der Waals surface area (Å²) in [4.78, 5) is 28.2. The van der Waals surface area contributed by atoms with Gasteiger partial charge in [-0.05, 0) is 61.4 Å². The van der Waals surface area contributed by atoms with Gasteiger partial charge in [-0.3, -0.25) is 13.9 Å². The molecule has 0 heterocycles. The molecule has 1 atom stereocenters. The monoisotopic (exact) mass is 591 g/mol. The number of hydrogen-bond donors (Lipinski definition) is 1. The third kappa shape index (κ3) is 7.65.